The molecule has 0 unspecified atom stereocenters. The Balaban J connectivity index is 1.44. The maximum Gasteiger partial charge on any atom is 0.363 e. The molecular weight excluding hydrogens is 501 g/mol. The van der Waals surface area contributed by atoms with E-state index in [1.165, 1.54) is 9.13 Å². The van der Waals surface area contributed by atoms with Crippen LogP contribution >= 0.6 is 22.6 Å². The molecule has 0 radical (unpaired) electrons. The number of halogens is 1. The van der Waals surface area contributed by atoms with E-state index in [1.807, 2.05) is 60.7 Å². The third-order valence-corrected chi connectivity index (χ3v) is 5.59. The molecule has 0 aliphatic carbocycles. The molecule has 1 heterocycles. The molecule has 1 aliphatic heterocycles. The Morgan fingerprint density at radius 3 is 2.45 bits per heavy atom. The molecule has 0 saturated heterocycles. The minimum Gasteiger partial charge on any atom is -0.489 e. The molecule has 0 atom stereocenters. The van der Waals surface area contributed by atoms with Gasteiger partial charge in [0.05, 0.1) is 0 Å². The molecule has 5 heteroatoms. The number of benzene rings is 3. The van der Waals surface area contributed by atoms with Crippen molar-refractivity contribution in [3.63, 3.8) is 0 Å². The first-order valence-corrected chi connectivity index (χ1v) is 11.2. The van der Waals surface area contributed by atoms with Crippen molar-refractivity contribution in [3.8, 4) is 5.75 Å². The normalized spacial score (nSPS) is 14.6. The summed E-state index contributed by atoms with van der Waals surface area (Å²) in [5.74, 6) is 1.11. The standard InChI is InChI=1S/C26H22INO3/c1-17(2)20-8-10-21(11-9-20)25-28-24(26(29)31-25)15-18-6-12-23(13-7-18)30-16-19-4-3-5-22(27)14-19/h3-15,17H,16H2,1-2H3/b24-15-. The Morgan fingerprint density at radius 2 is 1.77 bits per heavy atom. The van der Waals surface area contributed by atoms with E-state index < -0.39 is 5.97 Å². The largest absolute Gasteiger partial charge is 0.489 e. The van der Waals surface area contributed by atoms with Gasteiger partial charge in [-0.25, -0.2) is 9.79 Å². The lowest BCUT2D eigenvalue weighted by Crippen LogP contribution is -2.05. The molecular formula is C26H22INO3. The molecule has 31 heavy (non-hydrogen) atoms. The van der Waals surface area contributed by atoms with Gasteiger partial charge in [-0.3, -0.25) is 0 Å². The predicted octanol–water partition coefficient (Wildman–Crippen LogP) is 6.34. The van der Waals surface area contributed by atoms with Gasteiger partial charge in [0.25, 0.3) is 0 Å². The molecule has 4 rings (SSSR count). The van der Waals surface area contributed by atoms with E-state index in [0.29, 0.717) is 18.4 Å². The number of rotatable bonds is 6. The number of cyclic esters (lactones) is 1. The number of carbonyl (C=O) groups excluding carboxylic acids is 1. The Labute approximate surface area is 195 Å². The first kappa shape index (κ1) is 21.3. The van der Waals surface area contributed by atoms with Crippen LogP contribution in [-0.2, 0) is 16.1 Å². The topological polar surface area (TPSA) is 47.9 Å². The highest BCUT2D eigenvalue weighted by Crippen LogP contribution is 2.22. The SMILES string of the molecule is CC(C)c1ccc(C2=N/C(=C\c3ccc(OCc4cccc(I)c4)cc3)C(=O)O2)cc1. The summed E-state index contributed by atoms with van der Waals surface area (Å²) in [5.41, 5.74) is 4.29. The van der Waals surface area contributed by atoms with E-state index in [4.69, 9.17) is 9.47 Å². The van der Waals surface area contributed by atoms with Gasteiger partial charge in [0.2, 0.25) is 5.90 Å². The summed E-state index contributed by atoms with van der Waals surface area (Å²) in [6, 6.07) is 23.7. The average Bonchev–Trinajstić information content (AvgIpc) is 3.13. The van der Waals surface area contributed by atoms with Gasteiger partial charge in [-0.1, -0.05) is 50.2 Å². The fourth-order valence-electron chi connectivity index (χ4n) is 3.15. The van der Waals surface area contributed by atoms with E-state index in [9.17, 15) is 4.79 Å². The smallest absolute Gasteiger partial charge is 0.363 e. The zero-order chi connectivity index (χ0) is 21.8. The molecule has 4 nitrogen and oxygen atoms in total. The van der Waals surface area contributed by atoms with Crippen LogP contribution in [-0.4, -0.2) is 11.9 Å². The number of esters is 1. The fraction of sp³-hybridized carbons (Fsp3) is 0.154. The fourth-order valence-corrected chi connectivity index (χ4v) is 3.76. The molecule has 3 aromatic rings. The lowest BCUT2D eigenvalue weighted by Gasteiger charge is -2.07. The van der Waals surface area contributed by atoms with Crippen LogP contribution in [0, 0.1) is 3.57 Å². The minimum absolute atomic E-state index is 0.287. The summed E-state index contributed by atoms with van der Waals surface area (Å²) in [5, 5.41) is 0. The lowest BCUT2D eigenvalue weighted by molar-refractivity contribution is -0.129. The molecule has 0 saturated carbocycles. The van der Waals surface area contributed by atoms with Crippen LogP contribution < -0.4 is 4.74 Å². The maximum absolute atomic E-state index is 12.3. The molecule has 0 amide bonds. The van der Waals surface area contributed by atoms with Crippen molar-refractivity contribution in [2.45, 2.75) is 26.4 Å². The monoisotopic (exact) mass is 523 g/mol. The van der Waals surface area contributed by atoms with Crippen molar-refractivity contribution in [2.75, 3.05) is 0 Å². The number of hydrogen-bond acceptors (Lipinski definition) is 4. The Morgan fingerprint density at radius 1 is 1.03 bits per heavy atom. The molecule has 0 spiro atoms. The summed E-state index contributed by atoms with van der Waals surface area (Å²) < 4.78 is 12.4. The van der Waals surface area contributed by atoms with Gasteiger partial charge < -0.3 is 9.47 Å². The Hall–Kier alpha value is -2.93. The first-order valence-electron chi connectivity index (χ1n) is 10.1. The highest BCUT2D eigenvalue weighted by molar-refractivity contribution is 14.1. The van der Waals surface area contributed by atoms with Crippen molar-refractivity contribution in [2.24, 2.45) is 4.99 Å². The zero-order valence-corrected chi connectivity index (χ0v) is 19.5. The zero-order valence-electron chi connectivity index (χ0n) is 17.3. The van der Waals surface area contributed by atoms with Crippen molar-refractivity contribution in [3.05, 3.63) is 104 Å². The molecule has 156 valence electrons. The van der Waals surface area contributed by atoms with Crippen LogP contribution in [0.5, 0.6) is 5.75 Å². The summed E-state index contributed by atoms with van der Waals surface area (Å²) in [4.78, 5) is 16.7. The molecule has 1 aliphatic rings. The van der Waals surface area contributed by atoms with E-state index in [0.717, 1.165) is 22.4 Å². The highest BCUT2D eigenvalue weighted by Gasteiger charge is 2.24. The van der Waals surface area contributed by atoms with E-state index in [2.05, 4.69) is 53.6 Å². The molecule has 0 N–H and O–H groups in total. The number of aliphatic imine (C=N–C) groups is 1. The van der Waals surface area contributed by atoms with Gasteiger partial charge in [-0.2, -0.15) is 0 Å². The maximum atomic E-state index is 12.3. The van der Waals surface area contributed by atoms with Crippen molar-refractivity contribution in [1.29, 1.82) is 0 Å². The van der Waals surface area contributed by atoms with Crippen LogP contribution in [0.3, 0.4) is 0 Å². The second kappa shape index (κ2) is 9.47. The molecule has 0 fully saturated rings. The molecule has 0 bridgehead atoms. The first-order chi connectivity index (χ1) is 15.0. The van der Waals surface area contributed by atoms with Gasteiger partial charge in [0.15, 0.2) is 5.70 Å². The second-order valence-electron chi connectivity index (χ2n) is 7.60. The van der Waals surface area contributed by atoms with Gasteiger partial charge in [0, 0.05) is 9.13 Å². The Kier molecular flexibility index (Phi) is 6.51. The van der Waals surface area contributed by atoms with Crippen LogP contribution in [0.25, 0.3) is 6.08 Å². The van der Waals surface area contributed by atoms with Gasteiger partial charge in [0.1, 0.15) is 12.4 Å². The highest BCUT2D eigenvalue weighted by atomic mass is 127. The van der Waals surface area contributed by atoms with Crippen molar-refractivity contribution in [1.82, 2.24) is 0 Å². The van der Waals surface area contributed by atoms with Gasteiger partial charge >= 0.3 is 5.97 Å². The van der Waals surface area contributed by atoms with Crippen LogP contribution in [0.2, 0.25) is 0 Å². The average molecular weight is 523 g/mol. The molecule has 0 aromatic heterocycles. The predicted molar refractivity (Wildman–Crippen MR) is 131 cm³/mol. The summed E-state index contributed by atoms with van der Waals surface area (Å²) in [7, 11) is 0. The van der Waals surface area contributed by atoms with Crippen LogP contribution in [0.1, 0.15) is 42.0 Å². The number of hydrogen-bond donors (Lipinski definition) is 0. The number of carbonyl (C=O) groups is 1. The quantitative estimate of drug-likeness (QED) is 0.215. The van der Waals surface area contributed by atoms with Crippen molar-refractivity contribution >= 4 is 40.5 Å². The summed E-state index contributed by atoms with van der Waals surface area (Å²) in [6.07, 6.45) is 1.72. The summed E-state index contributed by atoms with van der Waals surface area (Å²) >= 11 is 2.29. The van der Waals surface area contributed by atoms with Crippen LogP contribution in [0.15, 0.2) is 83.5 Å². The lowest BCUT2D eigenvalue weighted by atomic mass is 10.0. The van der Waals surface area contributed by atoms with E-state index in [1.54, 1.807) is 6.08 Å². The third-order valence-electron chi connectivity index (χ3n) is 4.92. The summed E-state index contributed by atoms with van der Waals surface area (Å²) in [6.45, 7) is 4.79. The van der Waals surface area contributed by atoms with Crippen LogP contribution in [0.4, 0.5) is 0 Å². The molecule has 3 aromatic carbocycles. The van der Waals surface area contributed by atoms with Gasteiger partial charge in [-0.05, 0) is 87.7 Å². The van der Waals surface area contributed by atoms with E-state index >= 15 is 0 Å². The minimum atomic E-state index is -0.443. The van der Waals surface area contributed by atoms with E-state index in [-0.39, 0.29) is 5.70 Å². The third kappa shape index (κ3) is 5.41. The second-order valence-corrected chi connectivity index (χ2v) is 8.85. The number of nitrogens with zero attached hydrogens (tertiary/aromatic N) is 1. The Bertz CT molecular complexity index is 1150. The van der Waals surface area contributed by atoms with Gasteiger partial charge in [-0.15, -0.1) is 0 Å². The number of ether oxygens (including phenoxy) is 2. The van der Waals surface area contributed by atoms with Crippen molar-refractivity contribution < 1.29 is 14.3 Å².